The molecular formula is C81H84F9N9O9. The number of aromatic nitrogens is 8. The third-order valence-electron chi connectivity index (χ3n) is 20.3. The largest absolute Gasteiger partial charge is 0.496 e. The number of pyridine rings is 5. The van der Waals surface area contributed by atoms with Crippen LogP contribution in [0.4, 0.5) is 39.5 Å². The molecule has 4 N–H and O–H groups in total. The molecular weight excluding hydrogens is 1410 g/mol. The van der Waals surface area contributed by atoms with Crippen LogP contribution in [0.1, 0.15) is 175 Å². The molecule has 0 spiro atoms. The van der Waals surface area contributed by atoms with E-state index in [0.29, 0.717) is 114 Å². The van der Waals surface area contributed by atoms with E-state index in [1.54, 1.807) is 78.8 Å². The molecule has 5 unspecified atom stereocenters. The Balaban J connectivity index is 0.000000173. The summed E-state index contributed by atoms with van der Waals surface area (Å²) < 4.78 is 142. The molecule has 1 saturated heterocycles. The van der Waals surface area contributed by atoms with Gasteiger partial charge in [-0.2, -0.15) is 39.5 Å². The summed E-state index contributed by atoms with van der Waals surface area (Å²) in [5, 5.41) is 4.79. The Kier molecular flexibility index (Phi) is 24.2. The molecule has 570 valence electrons. The first kappa shape index (κ1) is 79.7. The number of nitrogens with one attached hydrogen (secondary N) is 4. The summed E-state index contributed by atoms with van der Waals surface area (Å²) in [5.74, 6) is 0.664. The van der Waals surface area contributed by atoms with Gasteiger partial charge in [0.25, 0.3) is 16.7 Å². The highest BCUT2D eigenvalue weighted by Crippen LogP contribution is 2.41. The number of halogens is 9. The molecule has 11 aromatic rings. The van der Waals surface area contributed by atoms with Crippen LogP contribution in [0, 0.1) is 47.5 Å². The first-order chi connectivity index (χ1) is 51.1. The van der Waals surface area contributed by atoms with Crippen LogP contribution in [0.5, 0.6) is 17.2 Å². The zero-order chi connectivity index (χ0) is 78.6. The van der Waals surface area contributed by atoms with Gasteiger partial charge in [-0.3, -0.25) is 38.7 Å². The van der Waals surface area contributed by atoms with Gasteiger partial charge in [0.05, 0.1) is 50.1 Å². The molecule has 108 heavy (non-hydrogen) atoms. The number of piperidine rings is 1. The van der Waals surface area contributed by atoms with Gasteiger partial charge in [0, 0.05) is 121 Å². The molecule has 0 amide bonds. The highest BCUT2D eigenvalue weighted by molar-refractivity contribution is 6.11. The first-order valence-corrected chi connectivity index (χ1v) is 35.1. The number of ketones is 3. The van der Waals surface area contributed by atoms with Crippen LogP contribution in [0.15, 0.2) is 142 Å². The quantitative estimate of drug-likeness (QED) is 0.0389. The predicted octanol–water partition coefficient (Wildman–Crippen LogP) is 16.8. The second kappa shape index (κ2) is 32.7. The number of rotatable bonds is 21. The van der Waals surface area contributed by atoms with Crippen LogP contribution in [0.25, 0.3) is 32.7 Å². The molecule has 8 aromatic heterocycles. The number of ether oxygens (including phenoxy) is 3. The molecule has 1 fully saturated rings. The topological polar surface area (TPSA) is 230 Å². The molecule has 27 heteroatoms. The second-order valence-electron chi connectivity index (χ2n) is 27.2. The molecule has 3 aromatic carbocycles. The summed E-state index contributed by atoms with van der Waals surface area (Å²) in [4.78, 5) is 93.0. The van der Waals surface area contributed by atoms with Gasteiger partial charge in [0.15, 0.2) is 17.3 Å². The highest BCUT2D eigenvalue weighted by Gasteiger charge is 2.44. The number of aryl methyl sites for hydroxylation is 3. The van der Waals surface area contributed by atoms with E-state index in [9.17, 15) is 68.3 Å². The second-order valence-corrected chi connectivity index (χ2v) is 27.2. The molecule has 1 aliphatic heterocycles. The van der Waals surface area contributed by atoms with Gasteiger partial charge >= 0.3 is 18.5 Å². The number of aromatic amines is 3. The lowest BCUT2D eigenvalue weighted by Gasteiger charge is -2.36. The number of carbonyl (C=O) groups excluding carboxylic acids is 3. The lowest BCUT2D eigenvalue weighted by molar-refractivity contribution is -0.164. The SMILES string of the molecule is COc1cc(C)[nH]c(=O)c1CCC(=O)c1c(C)n(C(C)C2CCNC(C(F)(F)F)C2)c2ccccc12.COc1cc(C)[nH]c(=O)c1CCC(=O)c1c(C)n(C(C)c2ccnc(C(F)(F)F)c2)c2ccccc12.COc1cc(C)[nH]c(=O)c1CCC(=O)c1c(C)n(C(C)c2ccnc(C(F)(F)F)c2)c2ccccc12. The molecule has 0 saturated carbocycles. The average Bonchev–Trinajstić information content (AvgIpc) is 1.61. The number of para-hydroxylation sites is 3. The smallest absolute Gasteiger partial charge is 0.433 e. The fraction of sp³-hybridized carbons (Fsp3) is 0.358. The molecule has 12 rings (SSSR count). The lowest BCUT2D eigenvalue weighted by atomic mass is 9.86. The molecule has 9 heterocycles. The van der Waals surface area contributed by atoms with Crippen molar-refractivity contribution >= 4 is 50.1 Å². The van der Waals surface area contributed by atoms with Crippen molar-refractivity contribution in [3.8, 4) is 17.2 Å². The van der Waals surface area contributed by atoms with Gasteiger partial charge in [-0.15, -0.1) is 0 Å². The Morgan fingerprint density at radius 1 is 0.481 bits per heavy atom. The van der Waals surface area contributed by atoms with E-state index in [4.69, 9.17) is 14.2 Å². The monoisotopic (exact) mass is 1500 g/mol. The summed E-state index contributed by atoms with van der Waals surface area (Å²) in [6.07, 6.45) is -9.66. The van der Waals surface area contributed by atoms with Gasteiger partial charge in [-0.05, 0) is 179 Å². The van der Waals surface area contributed by atoms with Crippen molar-refractivity contribution in [2.45, 2.75) is 156 Å². The van der Waals surface area contributed by atoms with Crippen LogP contribution in [0.2, 0.25) is 0 Å². The number of benzene rings is 3. The Labute approximate surface area is 615 Å². The van der Waals surface area contributed by atoms with E-state index in [1.807, 2.05) is 100 Å². The van der Waals surface area contributed by atoms with Crippen LogP contribution in [0.3, 0.4) is 0 Å². The van der Waals surface area contributed by atoms with Gasteiger partial charge in [0.1, 0.15) is 34.7 Å². The van der Waals surface area contributed by atoms with Gasteiger partial charge in [-0.1, -0.05) is 54.6 Å². The van der Waals surface area contributed by atoms with E-state index >= 15 is 0 Å². The molecule has 0 radical (unpaired) electrons. The Hall–Kier alpha value is -10.8. The van der Waals surface area contributed by atoms with Crippen molar-refractivity contribution in [1.82, 2.24) is 43.9 Å². The van der Waals surface area contributed by atoms with E-state index in [2.05, 4.69) is 30.2 Å². The zero-order valence-electron chi connectivity index (χ0n) is 61.7. The minimum atomic E-state index is -4.56. The maximum absolute atomic E-state index is 13.5. The van der Waals surface area contributed by atoms with Gasteiger partial charge in [-0.25, -0.2) is 0 Å². The summed E-state index contributed by atoms with van der Waals surface area (Å²) >= 11 is 0. The summed E-state index contributed by atoms with van der Waals surface area (Å²) in [5.41, 5.74) is 7.10. The van der Waals surface area contributed by atoms with Crippen molar-refractivity contribution in [3.05, 3.63) is 249 Å². The number of hydrogen-bond donors (Lipinski definition) is 4. The van der Waals surface area contributed by atoms with Gasteiger partial charge in [0.2, 0.25) is 0 Å². The van der Waals surface area contributed by atoms with Crippen molar-refractivity contribution in [2.75, 3.05) is 27.9 Å². The number of carbonyl (C=O) groups is 3. The van der Waals surface area contributed by atoms with Crippen LogP contribution < -0.4 is 36.2 Å². The number of hydrogen-bond acceptors (Lipinski definition) is 12. The molecule has 0 bridgehead atoms. The molecule has 18 nitrogen and oxygen atoms in total. The number of H-pyrrole nitrogens is 3. The van der Waals surface area contributed by atoms with Crippen molar-refractivity contribution in [3.63, 3.8) is 0 Å². The molecule has 0 aliphatic carbocycles. The fourth-order valence-electron chi connectivity index (χ4n) is 15.0. The lowest BCUT2D eigenvalue weighted by Crippen LogP contribution is -2.48. The summed E-state index contributed by atoms with van der Waals surface area (Å²) in [6, 6.07) is 29.7. The fourth-order valence-corrected chi connectivity index (χ4v) is 15.0. The Morgan fingerprint density at radius 3 is 1.13 bits per heavy atom. The standard InChI is InChI=1S/C27H32F3N3O3.2C27H26F3N3O3/c3*1-15-13-23(36-4)20(26(35)32-15)9-10-22(34)25-17(3)33(21-8-6-5-7-19(21)25)16(2)18-11-12-31-24(14-18)27(28,29)30/h5-8,13,16,18,24,31H,9-12,14H2,1-4H3,(H,32,35);2*5-8,11-14,16H,9-10H2,1-4H3,(H,32,35). The molecule has 5 atom stereocenters. The van der Waals surface area contributed by atoms with Crippen LogP contribution in [-0.4, -0.2) is 96.1 Å². The highest BCUT2D eigenvalue weighted by atomic mass is 19.4. The van der Waals surface area contributed by atoms with Gasteiger partial charge < -0.3 is 48.2 Å². The van der Waals surface area contributed by atoms with Crippen molar-refractivity contribution in [1.29, 1.82) is 0 Å². The minimum absolute atomic E-state index is 0.00408. The van der Waals surface area contributed by atoms with E-state index < -0.39 is 48.0 Å². The predicted molar refractivity (Wildman–Crippen MR) is 394 cm³/mol. The average molecular weight is 1500 g/mol. The van der Waals surface area contributed by atoms with E-state index in [-0.39, 0.29) is 90.9 Å². The number of methoxy groups -OCH3 is 3. The number of fused-ring (bicyclic) bond motifs is 3. The third-order valence-corrected chi connectivity index (χ3v) is 20.3. The van der Waals surface area contributed by atoms with E-state index in [0.717, 1.165) is 52.2 Å². The maximum Gasteiger partial charge on any atom is 0.433 e. The number of alkyl halides is 9. The summed E-state index contributed by atoms with van der Waals surface area (Å²) in [6.45, 7) is 16.5. The van der Waals surface area contributed by atoms with Crippen LogP contribution >= 0.6 is 0 Å². The molecule has 1 aliphatic rings. The zero-order valence-corrected chi connectivity index (χ0v) is 61.7. The Bertz CT molecular complexity index is 5140. The number of Topliss-reactive ketones (excluding diaryl/α,β-unsaturated/α-hetero) is 3. The number of nitrogens with zero attached hydrogens (tertiary/aromatic N) is 5. The maximum atomic E-state index is 13.5. The van der Waals surface area contributed by atoms with E-state index in [1.165, 1.54) is 21.3 Å². The van der Waals surface area contributed by atoms with Crippen molar-refractivity contribution in [2.24, 2.45) is 5.92 Å². The Morgan fingerprint density at radius 2 is 0.806 bits per heavy atom. The third kappa shape index (κ3) is 16.9. The minimum Gasteiger partial charge on any atom is -0.496 e. The van der Waals surface area contributed by atoms with Crippen LogP contribution in [-0.2, 0) is 31.6 Å². The van der Waals surface area contributed by atoms with Crippen molar-refractivity contribution < 1.29 is 68.1 Å². The normalized spacial score (nSPS) is 14.9. The first-order valence-electron chi connectivity index (χ1n) is 35.1. The summed E-state index contributed by atoms with van der Waals surface area (Å²) in [7, 11) is 4.44.